The van der Waals surface area contributed by atoms with E-state index < -0.39 is 0 Å². The average Bonchev–Trinajstić information content (AvgIpc) is 2.52. The summed E-state index contributed by atoms with van der Waals surface area (Å²) in [4.78, 5) is 4.12. The van der Waals surface area contributed by atoms with Crippen LogP contribution >= 0.6 is 0 Å². The topological polar surface area (TPSA) is 43.4 Å². The molecule has 20 heavy (non-hydrogen) atoms. The SMILES string of the molecule is CCNCc1ccncc1OCc1ccc(OC)cc1. The molecule has 1 aromatic heterocycles. The lowest BCUT2D eigenvalue weighted by atomic mass is 10.2. The van der Waals surface area contributed by atoms with E-state index in [9.17, 15) is 0 Å². The molecular weight excluding hydrogens is 252 g/mol. The first-order valence-corrected chi connectivity index (χ1v) is 6.72. The van der Waals surface area contributed by atoms with Crippen molar-refractivity contribution in [2.45, 2.75) is 20.1 Å². The second-order valence-electron chi connectivity index (χ2n) is 4.40. The highest BCUT2D eigenvalue weighted by Gasteiger charge is 2.03. The highest BCUT2D eigenvalue weighted by Crippen LogP contribution is 2.19. The van der Waals surface area contributed by atoms with Gasteiger partial charge in [-0.1, -0.05) is 19.1 Å². The summed E-state index contributed by atoms with van der Waals surface area (Å²) in [5.74, 6) is 1.67. The van der Waals surface area contributed by atoms with E-state index in [-0.39, 0.29) is 0 Å². The maximum atomic E-state index is 5.85. The summed E-state index contributed by atoms with van der Waals surface area (Å²) in [6.45, 7) is 4.32. The lowest BCUT2D eigenvalue weighted by molar-refractivity contribution is 0.300. The van der Waals surface area contributed by atoms with E-state index >= 15 is 0 Å². The minimum Gasteiger partial charge on any atom is -0.497 e. The van der Waals surface area contributed by atoms with Crippen LogP contribution in [0.25, 0.3) is 0 Å². The van der Waals surface area contributed by atoms with Crippen molar-refractivity contribution >= 4 is 0 Å². The minimum absolute atomic E-state index is 0.523. The van der Waals surface area contributed by atoms with Gasteiger partial charge >= 0.3 is 0 Å². The lowest BCUT2D eigenvalue weighted by Crippen LogP contribution is -2.13. The van der Waals surface area contributed by atoms with Crippen LogP contribution in [0, 0.1) is 0 Å². The van der Waals surface area contributed by atoms with Gasteiger partial charge in [-0.2, -0.15) is 0 Å². The van der Waals surface area contributed by atoms with E-state index in [2.05, 4.69) is 17.2 Å². The summed E-state index contributed by atoms with van der Waals surface area (Å²) < 4.78 is 11.0. The molecule has 4 nitrogen and oxygen atoms in total. The Bertz CT molecular complexity index is 526. The molecule has 0 radical (unpaired) electrons. The Hall–Kier alpha value is -2.07. The third kappa shape index (κ3) is 3.96. The number of aromatic nitrogens is 1. The van der Waals surface area contributed by atoms with E-state index in [0.29, 0.717) is 6.61 Å². The van der Waals surface area contributed by atoms with Gasteiger partial charge in [0, 0.05) is 18.3 Å². The summed E-state index contributed by atoms with van der Waals surface area (Å²) in [6, 6.07) is 9.84. The number of pyridine rings is 1. The van der Waals surface area contributed by atoms with Crippen molar-refractivity contribution in [3.05, 3.63) is 53.9 Å². The fraction of sp³-hybridized carbons (Fsp3) is 0.312. The van der Waals surface area contributed by atoms with Crippen molar-refractivity contribution < 1.29 is 9.47 Å². The average molecular weight is 272 g/mol. The number of hydrogen-bond acceptors (Lipinski definition) is 4. The summed E-state index contributed by atoms with van der Waals surface area (Å²) in [7, 11) is 1.66. The van der Waals surface area contributed by atoms with Crippen LogP contribution in [0.15, 0.2) is 42.7 Å². The number of rotatable bonds is 7. The Balaban J connectivity index is 1.98. The standard InChI is InChI=1S/C16H20N2O2/c1-3-17-10-14-8-9-18-11-16(14)20-12-13-4-6-15(19-2)7-5-13/h4-9,11,17H,3,10,12H2,1-2H3. The van der Waals surface area contributed by atoms with Gasteiger partial charge in [-0.05, 0) is 30.3 Å². The number of ether oxygens (including phenoxy) is 2. The molecule has 0 saturated heterocycles. The number of benzene rings is 1. The van der Waals surface area contributed by atoms with Crippen molar-refractivity contribution in [1.82, 2.24) is 10.3 Å². The number of nitrogens with one attached hydrogen (secondary N) is 1. The van der Waals surface area contributed by atoms with Gasteiger partial charge in [0.2, 0.25) is 0 Å². The van der Waals surface area contributed by atoms with Gasteiger partial charge in [0.25, 0.3) is 0 Å². The molecular formula is C16H20N2O2. The third-order valence-corrected chi connectivity index (χ3v) is 2.99. The Morgan fingerprint density at radius 1 is 1.15 bits per heavy atom. The number of nitrogens with zero attached hydrogens (tertiary/aromatic N) is 1. The summed E-state index contributed by atoms with van der Waals surface area (Å²) in [5.41, 5.74) is 2.22. The van der Waals surface area contributed by atoms with Crippen molar-refractivity contribution in [1.29, 1.82) is 0 Å². The van der Waals surface area contributed by atoms with Crippen molar-refractivity contribution in [2.75, 3.05) is 13.7 Å². The maximum absolute atomic E-state index is 5.85. The summed E-state index contributed by atoms with van der Waals surface area (Å²) in [6.07, 6.45) is 3.54. The van der Waals surface area contributed by atoms with Gasteiger partial charge in [-0.15, -0.1) is 0 Å². The van der Waals surface area contributed by atoms with Crippen LogP contribution in [0.3, 0.4) is 0 Å². The maximum Gasteiger partial charge on any atom is 0.142 e. The molecule has 0 aliphatic rings. The molecule has 0 aliphatic heterocycles. The Kier molecular flexibility index (Phi) is 5.38. The van der Waals surface area contributed by atoms with E-state index in [0.717, 1.165) is 35.7 Å². The van der Waals surface area contributed by atoms with Crippen molar-refractivity contribution in [2.24, 2.45) is 0 Å². The van der Waals surface area contributed by atoms with Crippen LogP contribution in [0.5, 0.6) is 11.5 Å². The van der Waals surface area contributed by atoms with Crippen LogP contribution < -0.4 is 14.8 Å². The van der Waals surface area contributed by atoms with E-state index in [1.165, 1.54) is 0 Å². The lowest BCUT2D eigenvalue weighted by Gasteiger charge is -2.11. The fourth-order valence-electron chi connectivity index (χ4n) is 1.83. The highest BCUT2D eigenvalue weighted by molar-refractivity contribution is 5.31. The fourth-order valence-corrected chi connectivity index (χ4v) is 1.83. The van der Waals surface area contributed by atoms with Gasteiger partial charge in [0.05, 0.1) is 13.3 Å². The first-order chi connectivity index (χ1) is 9.83. The summed E-state index contributed by atoms with van der Waals surface area (Å²) in [5, 5.41) is 3.29. The molecule has 0 spiro atoms. The molecule has 0 saturated carbocycles. The molecule has 2 rings (SSSR count). The molecule has 0 aliphatic carbocycles. The quantitative estimate of drug-likeness (QED) is 0.841. The van der Waals surface area contributed by atoms with E-state index in [1.54, 1.807) is 19.5 Å². The smallest absolute Gasteiger partial charge is 0.142 e. The number of methoxy groups -OCH3 is 1. The highest BCUT2D eigenvalue weighted by atomic mass is 16.5. The zero-order valence-electron chi connectivity index (χ0n) is 11.9. The summed E-state index contributed by atoms with van der Waals surface area (Å²) >= 11 is 0. The zero-order chi connectivity index (χ0) is 14.2. The molecule has 0 atom stereocenters. The van der Waals surface area contributed by atoms with Gasteiger partial charge < -0.3 is 14.8 Å². The Morgan fingerprint density at radius 3 is 2.65 bits per heavy atom. The van der Waals surface area contributed by atoms with Gasteiger partial charge in [0.15, 0.2) is 0 Å². The largest absolute Gasteiger partial charge is 0.497 e. The predicted molar refractivity (Wildman–Crippen MR) is 78.9 cm³/mol. The van der Waals surface area contributed by atoms with E-state index in [1.807, 2.05) is 30.3 Å². The monoisotopic (exact) mass is 272 g/mol. The minimum atomic E-state index is 0.523. The number of hydrogen-bond donors (Lipinski definition) is 1. The Labute approximate surface area is 119 Å². The first kappa shape index (κ1) is 14.3. The van der Waals surface area contributed by atoms with Gasteiger partial charge in [-0.25, -0.2) is 0 Å². The molecule has 106 valence electrons. The van der Waals surface area contributed by atoms with Crippen LogP contribution in [-0.4, -0.2) is 18.6 Å². The van der Waals surface area contributed by atoms with Crippen molar-refractivity contribution in [3.8, 4) is 11.5 Å². The molecule has 1 aromatic carbocycles. The van der Waals surface area contributed by atoms with Crippen LogP contribution in [0.4, 0.5) is 0 Å². The molecule has 1 heterocycles. The molecule has 0 unspecified atom stereocenters. The predicted octanol–water partition coefficient (Wildman–Crippen LogP) is 2.78. The third-order valence-electron chi connectivity index (χ3n) is 2.99. The van der Waals surface area contributed by atoms with E-state index in [4.69, 9.17) is 9.47 Å². The molecule has 4 heteroatoms. The second-order valence-corrected chi connectivity index (χ2v) is 4.40. The normalized spacial score (nSPS) is 10.3. The molecule has 1 N–H and O–H groups in total. The van der Waals surface area contributed by atoms with Crippen LogP contribution in [0.2, 0.25) is 0 Å². The molecule has 0 fully saturated rings. The molecule has 0 amide bonds. The van der Waals surface area contributed by atoms with Gasteiger partial charge in [-0.3, -0.25) is 4.98 Å². The zero-order valence-corrected chi connectivity index (χ0v) is 11.9. The molecule has 2 aromatic rings. The van der Waals surface area contributed by atoms with Crippen LogP contribution in [0.1, 0.15) is 18.1 Å². The second kappa shape index (κ2) is 7.50. The van der Waals surface area contributed by atoms with Gasteiger partial charge in [0.1, 0.15) is 18.1 Å². The van der Waals surface area contributed by atoms with Crippen LogP contribution in [-0.2, 0) is 13.2 Å². The molecule has 0 bridgehead atoms. The van der Waals surface area contributed by atoms with Crippen molar-refractivity contribution in [3.63, 3.8) is 0 Å². The Morgan fingerprint density at radius 2 is 1.95 bits per heavy atom. The first-order valence-electron chi connectivity index (χ1n) is 6.72.